The monoisotopic (exact) mass is 289 g/mol. The second-order valence-corrected chi connectivity index (χ2v) is 6.05. The summed E-state index contributed by atoms with van der Waals surface area (Å²) in [6, 6.07) is 4.61. The molecule has 0 unspecified atom stereocenters. The van der Waals surface area contributed by atoms with Crippen LogP contribution in [0.2, 0.25) is 0 Å². The van der Waals surface area contributed by atoms with E-state index in [4.69, 9.17) is 0 Å². The van der Waals surface area contributed by atoms with Crippen molar-refractivity contribution in [2.24, 2.45) is 5.92 Å². The molecule has 21 heavy (non-hydrogen) atoms. The maximum absolute atomic E-state index is 4.57. The summed E-state index contributed by atoms with van der Waals surface area (Å²) < 4.78 is 4.12. The van der Waals surface area contributed by atoms with Gasteiger partial charge in [0.05, 0.1) is 11.4 Å². The fourth-order valence-corrected chi connectivity index (χ4v) is 2.34. The van der Waals surface area contributed by atoms with Crippen molar-refractivity contribution in [1.82, 2.24) is 24.9 Å². The number of hydrogen-bond acceptors (Lipinski definition) is 3. The zero-order chi connectivity index (χ0) is 15.2. The van der Waals surface area contributed by atoms with Gasteiger partial charge in [0.15, 0.2) is 0 Å². The van der Waals surface area contributed by atoms with Crippen LogP contribution in [0.25, 0.3) is 0 Å². The SMILES string of the molecule is CC[C@H](C)n1nccc1CNCc1ccn(CC(C)C)n1. The van der Waals surface area contributed by atoms with E-state index in [0.29, 0.717) is 12.0 Å². The van der Waals surface area contributed by atoms with Gasteiger partial charge in [-0.05, 0) is 31.4 Å². The second-order valence-electron chi connectivity index (χ2n) is 6.05. The van der Waals surface area contributed by atoms with Gasteiger partial charge in [-0.25, -0.2) is 0 Å². The Morgan fingerprint density at radius 1 is 1.19 bits per heavy atom. The molecule has 0 aliphatic carbocycles. The van der Waals surface area contributed by atoms with E-state index in [1.165, 1.54) is 5.69 Å². The van der Waals surface area contributed by atoms with Crippen molar-refractivity contribution in [1.29, 1.82) is 0 Å². The predicted octanol–water partition coefficient (Wildman–Crippen LogP) is 3.00. The van der Waals surface area contributed by atoms with Crippen molar-refractivity contribution in [2.45, 2.75) is 59.8 Å². The van der Waals surface area contributed by atoms with Gasteiger partial charge in [-0.15, -0.1) is 0 Å². The third kappa shape index (κ3) is 4.43. The largest absolute Gasteiger partial charge is 0.305 e. The summed E-state index contributed by atoms with van der Waals surface area (Å²) in [5.74, 6) is 0.621. The Bertz CT molecular complexity index is 540. The third-order valence-corrected chi connectivity index (χ3v) is 3.62. The first-order chi connectivity index (χ1) is 10.1. The van der Waals surface area contributed by atoms with Crippen LogP contribution in [0.15, 0.2) is 24.5 Å². The molecule has 0 aromatic carbocycles. The highest BCUT2D eigenvalue weighted by Gasteiger charge is 2.08. The zero-order valence-corrected chi connectivity index (χ0v) is 13.6. The number of nitrogens with zero attached hydrogens (tertiary/aromatic N) is 4. The van der Waals surface area contributed by atoms with Crippen LogP contribution in [0.1, 0.15) is 51.5 Å². The van der Waals surface area contributed by atoms with Gasteiger partial charge in [0.2, 0.25) is 0 Å². The lowest BCUT2D eigenvalue weighted by Gasteiger charge is -2.13. The van der Waals surface area contributed by atoms with E-state index < -0.39 is 0 Å². The molecule has 0 amide bonds. The molecule has 2 aromatic heterocycles. The number of aromatic nitrogens is 4. The molecule has 2 aromatic rings. The second kappa shape index (κ2) is 7.41. The first kappa shape index (κ1) is 15.8. The van der Waals surface area contributed by atoms with E-state index in [-0.39, 0.29) is 0 Å². The molecule has 1 atom stereocenters. The lowest BCUT2D eigenvalue weighted by atomic mass is 10.2. The lowest BCUT2D eigenvalue weighted by Crippen LogP contribution is -2.18. The molecule has 2 heterocycles. The zero-order valence-electron chi connectivity index (χ0n) is 13.6. The standard InChI is InChI=1S/C16H27N5/c1-5-14(4)21-16(6-8-18-21)11-17-10-15-7-9-20(19-15)12-13(2)3/h6-9,13-14,17H,5,10-12H2,1-4H3/t14-/m0/s1. The fraction of sp³-hybridized carbons (Fsp3) is 0.625. The molecule has 5 heteroatoms. The molecule has 5 nitrogen and oxygen atoms in total. The smallest absolute Gasteiger partial charge is 0.0762 e. The Morgan fingerprint density at radius 3 is 2.71 bits per heavy atom. The van der Waals surface area contributed by atoms with E-state index in [9.17, 15) is 0 Å². The summed E-state index contributed by atoms with van der Waals surface area (Å²) >= 11 is 0. The van der Waals surface area contributed by atoms with Crippen LogP contribution >= 0.6 is 0 Å². The van der Waals surface area contributed by atoms with Gasteiger partial charge in [0.1, 0.15) is 0 Å². The molecule has 0 aliphatic heterocycles. The Balaban J connectivity index is 1.84. The first-order valence-corrected chi connectivity index (χ1v) is 7.85. The van der Waals surface area contributed by atoms with E-state index in [2.05, 4.69) is 66.2 Å². The minimum absolute atomic E-state index is 0.446. The Hall–Kier alpha value is -1.62. The Kier molecular flexibility index (Phi) is 5.56. The average molecular weight is 289 g/mol. The van der Waals surface area contributed by atoms with Crippen LogP contribution < -0.4 is 5.32 Å². The molecule has 0 saturated carbocycles. The quantitative estimate of drug-likeness (QED) is 0.812. The van der Waals surface area contributed by atoms with Crippen molar-refractivity contribution >= 4 is 0 Å². The van der Waals surface area contributed by atoms with E-state index in [0.717, 1.165) is 31.7 Å². The van der Waals surface area contributed by atoms with Crippen LogP contribution in [0, 0.1) is 5.92 Å². The Labute approximate surface area is 127 Å². The Morgan fingerprint density at radius 2 is 2.00 bits per heavy atom. The van der Waals surface area contributed by atoms with Crippen molar-refractivity contribution < 1.29 is 0 Å². The van der Waals surface area contributed by atoms with Gasteiger partial charge in [-0.2, -0.15) is 10.2 Å². The summed E-state index contributed by atoms with van der Waals surface area (Å²) in [6.07, 6.45) is 5.02. The van der Waals surface area contributed by atoms with Crippen LogP contribution in [-0.2, 0) is 19.6 Å². The van der Waals surface area contributed by atoms with E-state index >= 15 is 0 Å². The molecule has 1 N–H and O–H groups in total. The van der Waals surface area contributed by atoms with Crippen molar-refractivity contribution in [3.8, 4) is 0 Å². The molecular formula is C16H27N5. The normalized spacial score (nSPS) is 13.0. The molecule has 116 valence electrons. The summed E-state index contributed by atoms with van der Waals surface area (Å²) in [5.41, 5.74) is 2.32. The van der Waals surface area contributed by atoms with Crippen molar-refractivity contribution in [2.75, 3.05) is 0 Å². The summed E-state index contributed by atoms with van der Waals surface area (Å²) in [5, 5.41) is 12.4. The van der Waals surface area contributed by atoms with E-state index in [1.807, 2.05) is 10.9 Å². The van der Waals surface area contributed by atoms with Gasteiger partial charge in [0, 0.05) is 38.1 Å². The minimum Gasteiger partial charge on any atom is -0.305 e. The van der Waals surface area contributed by atoms with Gasteiger partial charge in [0.25, 0.3) is 0 Å². The van der Waals surface area contributed by atoms with Gasteiger partial charge in [-0.1, -0.05) is 20.8 Å². The van der Waals surface area contributed by atoms with Gasteiger partial charge < -0.3 is 5.32 Å². The van der Waals surface area contributed by atoms with Crippen LogP contribution in [0.4, 0.5) is 0 Å². The average Bonchev–Trinajstić information content (AvgIpc) is 3.07. The van der Waals surface area contributed by atoms with Crippen LogP contribution in [0.3, 0.4) is 0 Å². The highest BCUT2D eigenvalue weighted by Crippen LogP contribution is 2.12. The molecule has 0 spiro atoms. The van der Waals surface area contributed by atoms with Crippen molar-refractivity contribution in [3.63, 3.8) is 0 Å². The summed E-state index contributed by atoms with van der Waals surface area (Å²) in [4.78, 5) is 0. The topological polar surface area (TPSA) is 47.7 Å². The minimum atomic E-state index is 0.446. The lowest BCUT2D eigenvalue weighted by molar-refractivity contribution is 0.450. The maximum Gasteiger partial charge on any atom is 0.0762 e. The third-order valence-electron chi connectivity index (χ3n) is 3.62. The van der Waals surface area contributed by atoms with Gasteiger partial charge in [-0.3, -0.25) is 9.36 Å². The first-order valence-electron chi connectivity index (χ1n) is 7.85. The molecule has 0 saturated heterocycles. The molecule has 0 radical (unpaired) electrons. The van der Waals surface area contributed by atoms with Gasteiger partial charge >= 0.3 is 0 Å². The van der Waals surface area contributed by atoms with E-state index in [1.54, 1.807) is 0 Å². The summed E-state index contributed by atoms with van der Waals surface area (Å²) in [7, 11) is 0. The van der Waals surface area contributed by atoms with Crippen LogP contribution in [-0.4, -0.2) is 19.6 Å². The molecule has 0 fully saturated rings. The number of rotatable bonds is 8. The van der Waals surface area contributed by atoms with Crippen molar-refractivity contribution in [3.05, 3.63) is 35.9 Å². The fourth-order valence-electron chi connectivity index (χ4n) is 2.34. The highest BCUT2D eigenvalue weighted by atomic mass is 15.3. The summed E-state index contributed by atoms with van der Waals surface area (Å²) in [6.45, 7) is 11.4. The molecule has 0 bridgehead atoms. The molecule has 0 aliphatic rings. The number of hydrogen-bond donors (Lipinski definition) is 1. The van der Waals surface area contributed by atoms with Crippen LogP contribution in [0.5, 0.6) is 0 Å². The molecular weight excluding hydrogens is 262 g/mol. The predicted molar refractivity (Wildman–Crippen MR) is 84.8 cm³/mol. The molecule has 2 rings (SSSR count). The highest BCUT2D eigenvalue weighted by molar-refractivity contribution is 5.03. The maximum atomic E-state index is 4.57. The number of nitrogens with one attached hydrogen (secondary N) is 1.